The number of nitrogens with one attached hydrogen (secondary N) is 1. The normalized spacial score (nSPS) is 10.8. The lowest BCUT2D eigenvalue weighted by atomic mass is 9.92. The Balaban J connectivity index is 3.14. The zero-order valence-electron chi connectivity index (χ0n) is 12.6. The summed E-state index contributed by atoms with van der Waals surface area (Å²) in [6.07, 6.45) is 3.71. The number of hydrogen-bond donors (Lipinski definition) is 1. The molecule has 0 aliphatic heterocycles. The highest BCUT2D eigenvalue weighted by molar-refractivity contribution is 6.43. The van der Waals surface area contributed by atoms with Gasteiger partial charge in [0.2, 0.25) is 0 Å². The Labute approximate surface area is 120 Å². The van der Waals surface area contributed by atoms with Crippen LogP contribution in [0, 0.1) is 6.92 Å². The smallest absolute Gasteiger partial charge is 0.283 e. The first-order valence-electron chi connectivity index (χ1n) is 7.03. The number of hydrazone groups is 1. The Bertz CT molecular complexity index is 508. The van der Waals surface area contributed by atoms with E-state index >= 15 is 0 Å². The third kappa shape index (κ3) is 3.76. The van der Waals surface area contributed by atoms with Crippen LogP contribution in [0.4, 0.5) is 0 Å². The largest absolute Gasteiger partial charge is 0.312 e. The molecule has 4 nitrogen and oxygen atoms in total. The summed E-state index contributed by atoms with van der Waals surface area (Å²) in [5.74, 6) is -1.19. The predicted molar refractivity (Wildman–Crippen MR) is 81.2 cm³/mol. The van der Waals surface area contributed by atoms with Gasteiger partial charge in [0.15, 0.2) is 0 Å². The summed E-state index contributed by atoms with van der Waals surface area (Å²) >= 11 is 0. The number of carbonyl (C=O) groups is 2. The summed E-state index contributed by atoms with van der Waals surface area (Å²) in [5, 5.41) is 3.72. The van der Waals surface area contributed by atoms with Crippen LogP contribution in [-0.2, 0) is 17.6 Å². The first-order chi connectivity index (χ1) is 9.54. The zero-order valence-corrected chi connectivity index (χ0v) is 12.6. The molecule has 0 aliphatic rings. The van der Waals surface area contributed by atoms with Gasteiger partial charge in [0, 0.05) is 11.8 Å². The molecule has 1 amide bonds. The van der Waals surface area contributed by atoms with Gasteiger partial charge in [0.1, 0.15) is 0 Å². The monoisotopic (exact) mass is 274 g/mol. The van der Waals surface area contributed by atoms with Gasteiger partial charge >= 0.3 is 5.91 Å². The first kappa shape index (κ1) is 16.1. The molecule has 108 valence electrons. The summed E-state index contributed by atoms with van der Waals surface area (Å²) in [7, 11) is 0. The highest BCUT2D eigenvalue weighted by Gasteiger charge is 2.22. The molecule has 0 heterocycles. The van der Waals surface area contributed by atoms with Crippen molar-refractivity contribution in [1.82, 2.24) is 5.43 Å². The van der Waals surface area contributed by atoms with Crippen LogP contribution in [0.2, 0.25) is 0 Å². The quantitative estimate of drug-likeness (QED) is 0.375. The van der Waals surface area contributed by atoms with E-state index in [0.717, 1.165) is 29.5 Å². The SMILES string of the molecule is CC/C=N/NC(=O)C(=O)c1c(CC)cc(C)cc1CC. The molecule has 1 aromatic rings. The van der Waals surface area contributed by atoms with Crippen molar-refractivity contribution in [2.45, 2.75) is 47.0 Å². The van der Waals surface area contributed by atoms with E-state index in [-0.39, 0.29) is 0 Å². The first-order valence-corrected chi connectivity index (χ1v) is 7.03. The van der Waals surface area contributed by atoms with Gasteiger partial charge in [-0.1, -0.05) is 38.5 Å². The van der Waals surface area contributed by atoms with Crippen LogP contribution in [0.15, 0.2) is 17.2 Å². The second-order valence-corrected chi connectivity index (χ2v) is 4.66. The van der Waals surface area contributed by atoms with Crippen molar-refractivity contribution in [3.8, 4) is 0 Å². The van der Waals surface area contributed by atoms with Crippen molar-refractivity contribution in [3.05, 3.63) is 34.4 Å². The van der Waals surface area contributed by atoms with Crippen LogP contribution >= 0.6 is 0 Å². The minimum Gasteiger partial charge on any atom is -0.283 e. The van der Waals surface area contributed by atoms with Crippen LogP contribution in [0.5, 0.6) is 0 Å². The predicted octanol–water partition coefficient (Wildman–Crippen LogP) is 2.81. The average Bonchev–Trinajstić information content (AvgIpc) is 2.45. The molecular weight excluding hydrogens is 252 g/mol. The third-order valence-electron chi connectivity index (χ3n) is 3.08. The molecule has 20 heavy (non-hydrogen) atoms. The molecule has 0 atom stereocenters. The summed E-state index contributed by atoms with van der Waals surface area (Å²) in [6.45, 7) is 7.87. The number of ketones is 1. The van der Waals surface area contributed by atoms with Gasteiger partial charge in [-0.25, -0.2) is 5.43 Å². The van der Waals surface area contributed by atoms with Crippen molar-refractivity contribution in [1.29, 1.82) is 0 Å². The van der Waals surface area contributed by atoms with Gasteiger partial charge in [0.25, 0.3) is 5.78 Å². The molecular formula is C16H22N2O2. The van der Waals surface area contributed by atoms with E-state index in [2.05, 4.69) is 10.5 Å². The fraction of sp³-hybridized carbons (Fsp3) is 0.438. The topological polar surface area (TPSA) is 58.5 Å². The van der Waals surface area contributed by atoms with E-state index in [1.165, 1.54) is 0 Å². The van der Waals surface area contributed by atoms with E-state index in [9.17, 15) is 9.59 Å². The van der Waals surface area contributed by atoms with Gasteiger partial charge in [-0.05, 0) is 37.3 Å². The Morgan fingerprint density at radius 2 is 1.70 bits per heavy atom. The number of benzene rings is 1. The van der Waals surface area contributed by atoms with Crippen LogP contribution in [0.25, 0.3) is 0 Å². The van der Waals surface area contributed by atoms with E-state index in [4.69, 9.17) is 0 Å². The number of rotatable bonds is 6. The maximum atomic E-state index is 12.3. The second-order valence-electron chi connectivity index (χ2n) is 4.66. The van der Waals surface area contributed by atoms with Crippen molar-refractivity contribution < 1.29 is 9.59 Å². The standard InChI is InChI=1S/C16H22N2O2/c1-5-8-17-18-16(20)15(19)14-12(6-2)9-11(4)10-13(14)7-3/h8-10H,5-7H2,1-4H3,(H,18,20)/b17-8+. The number of hydrogen-bond acceptors (Lipinski definition) is 3. The third-order valence-corrected chi connectivity index (χ3v) is 3.08. The van der Waals surface area contributed by atoms with Gasteiger partial charge in [0.05, 0.1) is 0 Å². The lowest BCUT2D eigenvalue weighted by Gasteiger charge is -2.12. The zero-order chi connectivity index (χ0) is 15.1. The number of aryl methyl sites for hydroxylation is 3. The van der Waals surface area contributed by atoms with E-state index in [0.29, 0.717) is 12.0 Å². The maximum absolute atomic E-state index is 12.3. The Morgan fingerprint density at radius 3 is 2.15 bits per heavy atom. The van der Waals surface area contributed by atoms with Crippen molar-refractivity contribution >= 4 is 17.9 Å². The maximum Gasteiger partial charge on any atom is 0.312 e. The molecule has 1 aromatic carbocycles. The van der Waals surface area contributed by atoms with Gasteiger partial charge in [-0.15, -0.1) is 0 Å². The van der Waals surface area contributed by atoms with Gasteiger partial charge in [-0.2, -0.15) is 5.10 Å². The molecule has 0 unspecified atom stereocenters. The molecule has 0 saturated heterocycles. The molecule has 0 spiro atoms. The molecule has 0 aliphatic carbocycles. The second kappa shape index (κ2) is 7.58. The Morgan fingerprint density at radius 1 is 1.15 bits per heavy atom. The molecule has 0 bridgehead atoms. The lowest BCUT2D eigenvalue weighted by Crippen LogP contribution is -2.28. The van der Waals surface area contributed by atoms with Crippen LogP contribution in [0.3, 0.4) is 0 Å². The summed E-state index contributed by atoms with van der Waals surface area (Å²) in [6, 6.07) is 3.93. The van der Waals surface area contributed by atoms with Crippen LogP contribution in [-0.4, -0.2) is 17.9 Å². The number of nitrogens with zero attached hydrogens (tertiary/aromatic N) is 1. The molecule has 1 N–H and O–H groups in total. The van der Waals surface area contributed by atoms with Crippen LogP contribution < -0.4 is 5.43 Å². The molecule has 0 radical (unpaired) electrons. The Hall–Kier alpha value is -1.97. The summed E-state index contributed by atoms with van der Waals surface area (Å²) in [5.41, 5.74) is 5.76. The van der Waals surface area contributed by atoms with Crippen LogP contribution in [0.1, 0.15) is 54.2 Å². The van der Waals surface area contributed by atoms with Crippen molar-refractivity contribution in [2.75, 3.05) is 0 Å². The lowest BCUT2D eigenvalue weighted by molar-refractivity contribution is -0.117. The highest BCUT2D eigenvalue weighted by Crippen LogP contribution is 2.20. The summed E-state index contributed by atoms with van der Waals surface area (Å²) < 4.78 is 0. The van der Waals surface area contributed by atoms with E-state index in [1.807, 2.05) is 39.8 Å². The highest BCUT2D eigenvalue weighted by atomic mass is 16.2. The summed E-state index contributed by atoms with van der Waals surface area (Å²) in [4.78, 5) is 24.2. The molecule has 4 heteroatoms. The van der Waals surface area contributed by atoms with E-state index in [1.54, 1.807) is 6.21 Å². The molecule has 1 rings (SSSR count). The average molecular weight is 274 g/mol. The van der Waals surface area contributed by atoms with Crippen molar-refractivity contribution in [2.24, 2.45) is 5.10 Å². The number of amides is 1. The fourth-order valence-electron chi connectivity index (χ4n) is 2.15. The molecule has 0 fully saturated rings. The minimum absolute atomic E-state index is 0.507. The minimum atomic E-state index is -0.678. The Kier molecular flexibility index (Phi) is 6.10. The number of Topliss-reactive ketones (excluding diaryl/α,β-unsaturated/α-hetero) is 1. The van der Waals surface area contributed by atoms with E-state index < -0.39 is 11.7 Å². The molecule has 0 aromatic heterocycles. The number of carbonyl (C=O) groups excluding carboxylic acids is 2. The fourth-order valence-corrected chi connectivity index (χ4v) is 2.15. The van der Waals surface area contributed by atoms with Crippen molar-refractivity contribution in [3.63, 3.8) is 0 Å². The molecule has 0 saturated carbocycles. The van der Waals surface area contributed by atoms with Gasteiger partial charge < -0.3 is 0 Å². The van der Waals surface area contributed by atoms with Gasteiger partial charge in [-0.3, -0.25) is 9.59 Å².